The van der Waals surface area contributed by atoms with Crippen LogP contribution in [0.5, 0.6) is 0 Å². The molecule has 1 fully saturated rings. The highest BCUT2D eigenvalue weighted by Gasteiger charge is 2.22. The Labute approximate surface area is 158 Å². The lowest BCUT2D eigenvalue weighted by Gasteiger charge is -2.30. The minimum Gasteiger partial charge on any atom is -0.336 e. The fourth-order valence-corrected chi connectivity index (χ4v) is 3.45. The topological polar surface area (TPSA) is 77.0 Å². The van der Waals surface area contributed by atoms with Gasteiger partial charge in [-0.3, -0.25) is 0 Å². The average Bonchev–Trinajstić information content (AvgIpc) is 2.69. The van der Waals surface area contributed by atoms with Crippen LogP contribution in [0.25, 0.3) is 0 Å². The third-order valence-corrected chi connectivity index (χ3v) is 4.80. The van der Waals surface area contributed by atoms with Gasteiger partial charge in [0, 0.05) is 18.3 Å². The molecule has 6 heteroatoms. The van der Waals surface area contributed by atoms with E-state index in [1.807, 2.05) is 18.2 Å². The maximum atomic E-state index is 13.0. The lowest BCUT2D eigenvalue weighted by atomic mass is 9.87. The second kappa shape index (κ2) is 9.15. The number of nitriles is 1. The molecule has 140 valence electrons. The SMILES string of the molecule is N#Cc1cccc(NC(=O)NC[C@@H]2C[C@@H](Cc3ccc(F)cc3)CCN2)c1. The van der Waals surface area contributed by atoms with Crippen LogP contribution in [0.2, 0.25) is 0 Å². The number of carbonyl (C=O) groups is 1. The van der Waals surface area contributed by atoms with E-state index in [2.05, 4.69) is 16.0 Å². The van der Waals surface area contributed by atoms with Gasteiger partial charge in [0.15, 0.2) is 0 Å². The summed E-state index contributed by atoms with van der Waals surface area (Å²) in [6.45, 7) is 1.44. The molecule has 3 N–H and O–H groups in total. The van der Waals surface area contributed by atoms with Crippen molar-refractivity contribution in [3.8, 4) is 6.07 Å². The molecule has 0 saturated carbocycles. The highest BCUT2D eigenvalue weighted by atomic mass is 19.1. The maximum absolute atomic E-state index is 13.0. The number of benzene rings is 2. The molecule has 1 aliphatic rings. The Kier molecular flexibility index (Phi) is 6.39. The Balaban J connectivity index is 1.45. The van der Waals surface area contributed by atoms with E-state index in [0.29, 0.717) is 23.7 Å². The molecule has 2 aromatic rings. The molecule has 2 atom stereocenters. The summed E-state index contributed by atoms with van der Waals surface area (Å²) in [6.07, 6.45) is 2.95. The Morgan fingerprint density at radius 3 is 2.85 bits per heavy atom. The van der Waals surface area contributed by atoms with Gasteiger partial charge in [-0.05, 0) is 67.6 Å². The van der Waals surface area contributed by atoms with Crippen LogP contribution in [-0.4, -0.2) is 25.2 Å². The van der Waals surface area contributed by atoms with E-state index in [4.69, 9.17) is 5.26 Å². The molecule has 0 unspecified atom stereocenters. The first kappa shape index (κ1) is 18.9. The number of nitrogens with zero attached hydrogens (tertiary/aromatic N) is 1. The van der Waals surface area contributed by atoms with Gasteiger partial charge in [-0.1, -0.05) is 18.2 Å². The molecule has 5 nitrogen and oxygen atoms in total. The van der Waals surface area contributed by atoms with Gasteiger partial charge in [-0.2, -0.15) is 5.26 Å². The first-order valence-electron chi connectivity index (χ1n) is 9.15. The number of hydrogen-bond donors (Lipinski definition) is 3. The first-order chi connectivity index (χ1) is 13.1. The molecular formula is C21H23FN4O. The van der Waals surface area contributed by atoms with Crippen LogP contribution >= 0.6 is 0 Å². The van der Waals surface area contributed by atoms with Crippen LogP contribution < -0.4 is 16.0 Å². The molecule has 0 spiro atoms. The number of anilines is 1. The summed E-state index contributed by atoms with van der Waals surface area (Å²) >= 11 is 0. The van der Waals surface area contributed by atoms with Crippen molar-refractivity contribution in [3.63, 3.8) is 0 Å². The van der Waals surface area contributed by atoms with Crippen molar-refractivity contribution in [3.05, 3.63) is 65.5 Å². The Bertz CT molecular complexity index is 816. The zero-order chi connectivity index (χ0) is 19.1. The zero-order valence-corrected chi connectivity index (χ0v) is 15.0. The fraction of sp³-hybridized carbons (Fsp3) is 0.333. The zero-order valence-electron chi connectivity index (χ0n) is 15.0. The van der Waals surface area contributed by atoms with Crippen LogP contribution in [0.15, 0.2) is 48.5 Å². The summed E-state index contributed by atoms with van der Waals surface area (Å²) < 4.78 is 13.0. The molecule has 1 aliphatic heterocycles. The van der Waals surface area contributed by atoms with E-state index in [-0.39, 0.29) is 17.9 Å². The number of halogens is 1. The van der Waals surface area contributed by atoms with Crippen molar-refractivity contribution in [2.45, 2.75) is 25.3 Å². The molecule has 27 heavy (non-hydrogen) atoms. The summed E-state index contributed by atoms with van der Waals surface area (Å²) in [6, 6.07) is 15.5. The van der Waals surface area contributed by atoms with Gasteiger partial charge in [0.05, 0.1) is 11.6 Å². The van der Waals surface area contributed by atoms with Gasteiger partial charge < -0.3 is 16.0 Å². The second-order valence-electron chi connectivity index (χ2n) is 6.90. The average molecular weight is 366 g/mol. The van der Waals surface area contributed by atoms with Crippen molar-refractivity contribution >= 4 is 11.7 Å². The standard InChI is InChI=1S/C21H23FN4O/c22-18-6-4-15(5-7-18)10-16-8-9-24-20(11-16)14-25-21(27)26-19-3-1-2-17(12-19)13-23/h1-7,12,16,20,24H,8-11,14H2,(H2,25,26,27)/t16-,20+/m1/s1. The van der Waals surface area contributed by atoms with Gasteiger partial charge in [0.1, 0.15) is 5.82 Å². The monoisotopic (exact) mass is 366 g/mol. The molecule has 0 radical (unpaired) electrons. The van der Waals surface area contributed by atoms with Crippen LogP contribution in [-0.2, 0) is 6.42 Å². The fourth-order valence-electron chi connectivity index (χ4n) is 3.45. The van der Waals surface area contributed by atoms with E-state index in [1.165, 1.54) is 12.1 Å². The molecule has 1 saturated heterocycles. The van der Waals surface area contributed by atoms with Crippen molar-refractivity contribution < 1.29 is 9.18 Å². The van der Waals surface area contributed by atoms with E-state index < -0.39 is 0 Å². The van der Waals surface area contributed by atoms with Gasteiger partial charge in [0.25, 0.3) is 0 Å². The Morgan fingerprint density at radius 2 is 2.07 bits per heavy atom. The quantitative estimate of drug-likeness (QED) is 0.759. The summed E-state index contributed by atoms with van der Waals surface area (Å²) in [7, 11) is 0. The molecule has 0 aromatic heterocycles. The predicted molar refractivity (Wildman–Crippen MR) is 103 cm³/mol. The number of piperidine rings is 1. The van der Waals surface area contributed by atoms with E-state index >= 15 is 0 Å². The van der Waals surface area contributed by atoms with Crippen LogP contribution in [0.4, 0.5) is 14.9 Å². The van der Waals surface area contributed by atoms with Crippen molar-refractivity contribution in [2.75, 3.05) is 18.4 Å². The Hall–Kier alpha value is -2.91. The van der Waals surface area contributed by atoms with E-state index in [0.717, 1.165) is 31.4 Å². The summed E-state index contributed by atoms with van der Waals surface area (Å²) in [4.78, 5) is 12.1. The molecule has 0 aliphatic carbocycles. The first-order valence-corrected chi connectivity index (χ1v) is 9.15. The molecule has 2 aromatic carbocycles. The van der Waals surface area contributed by atoms with Gasteiger partial charge in [-0.25, -0.2) is 9.18 Å². The highest BCUT2D eigenvalue weighted by molar-refractivity contribution is 5.89. The highest BCUT2D eigenvalue weighted by Crippen LogP contribution is 2.21. The number of rotatable bonds is 5. The molecule has 3 rings (SSSR count). The van der Waals surface area contributed by atoms with Gasteiger partial charge in [-0.15, -0.1) is 0 Å². The number of amides is 2. The second-order valence-corrected chi connectivity index (χ2v) is 6.90. The van der Waals surface area contributed by atoms with Crippen LogP contribution in [0.3, 0.4) is 0 Å². The largest absolute Gasteiger partial charge is 0.336 e. The van der Waals surface area contributed by atoms with Crippen molar-refractivity contribution in [2.24, 2.45) is 5.92 Å². The minimum absolute atomic E-state index is 0.209. The third-order valence-electron chi connectivity index (χ3n) is 4.80. The predicted octanol–water partition coefficient (Wildman–Crippen LogP) is 3.43. The van der Waals surface area contributed by atoms with Crippen molar-refractivity contribution in [1.82, 2.24) is 10.6 Å². The van der Waals surface area contributed by atoms with Crippen molar-refractivity contribution in [1.29, 1.82) is 5.26 Å². The molecular weight excluding hydrogens is 343 g/mol. The lowest BCUT2D eigenvalue weighted by molar-refractivity contribution is 0.246. The maximum Gasteiger partial charge on any atom is 0.319 e. The number of hydrogen-bond acceptors (Lipinski definition) is 3. The smallest absolute Gasteiger partial charge is 0.319 e. The third kappa shape index (κ3) is 5.80. The van der Waals surface area contributed by atoms with Crippen LogP contribution in [0, 0.1) is 23.1 Å². The number of carbonyl (C=O) groups excluding carboxylic acids is 1. The van der Waals surface area contributed by atoms with Crippen LogP contribution in [0.1, 0.15) is 24.0 Å². The summed E-state index contributed by atoms with van der Waals surface area (Å²) in [5, 5.41) is 18.0. The number of nitrogens with one attached hydrogen (secondary N) is 3. The summed E-state index contributed by atoms with van der Waals surface area (Å²) in [5.41, 5.74) is 2.24. The minimum atomic E-state index is -0.285. The van der Waals surface area contributed by atoms with Gasteiger partial charge >= 0.3 is 6.03 Å². The Morgan fingerprint density at radius 1 is 1.26 bits per heavy atom. The van der Waals surface area contributed by atoms with E-state index in [1.54, 1.807) is 24.3 Å². The normalized spacial score (nSPS) is 19.1. The summed E-state index contributed by atoms with van der Waals surface area (Å²) in [5.74, 6) is 0.302. The lowest BCUT2D eigenvalue weighted by Crippen LogP contribution is -2.47. The number of urea groups is 1. The molecule has 1 heterocycles. The molecule has 0 bridgehead atoms. The van der Waals surface area contributed by atoms with Gasteiger partial charge in [0.2, 0.25) is 0 Å². The molecule has 2 amide bonds. The van der Waals surface area contributed by atoms with E-state index in [9.17, 15) is 9.18 Å².